The number of halogens is 2. The molecule has 4 aromatic rings. The maximum absolute atomic E-state index is 13.4. The van der Waals surface area contributed by atoms with Crippen LogP contribution in [0.4, 0.5) is 4.39 Å². The topological polar surface area (TPSA) is 74.2 Å². The van der Waals surface area contributed by atoms with Gasteiger partial charge in [0.15, 0.2) is 0 Å². The van der Waals surface area contributed by atoms with Crippen LogP contribution in [0.5, 0.6) is 5.75 Å². The molecule has 9 heteroatoms. The molecule has 2 aromatic heterocycles. The number of phenols is 1. The van der Waals surface area contributed by atoms with Crippen molar-refractivity contribution in [2.45, 2.75) is 11.8 Å². The number of benzene rings is 2. The second-order valence-corrected chi connectivity index (χ2v) is 9.22. The van der Waals surface area contributed by atoms with Gasteiger partial charge in [0, 0.05) is 18.3 Å². The van der Waals surface area contributed by atoms with Crippen LogP contribution in [0.1, 0.15) is 16.5 Å². The van der Waals surface area contributed by atoms with Crippen LogP contribution in [0.3, 0.4) is 0 Å². The zero-order valence-electron chi connectivity index (χ0n) is 17.4. The molecule has 5 rings (SSSR count). The molecular weight excluding hydrogens is 463 g/mol. The van der Waals surface area contributed by atoms with Crippen LogP contribution in [-0.4, -0.2) is 43.0 Å². The summed E-state index contributed by atoms with van der Waals surface area (Å²) in [5.41, 5.74) is 4.06. The first-order chi connectivity index (χ1) is 16.0. The zero-order valence-corrected chi connectivity index (χ0v) is 19.0. The lowest BCUT2D eigenvalue weighted by Gasteiger charge is -2.24. The highest BCUT2D eigenvalue weighted by atomic mass is 35.5. The minimum Gasteiger partial charge on any atom is -0.508 e. The molecule has 0 saturated carbocycles. The minimum absolute atomic E-state index is 0.0637. The predicted octanol–water partition coefficient (Wildman–Crippen LogP) is 5.18. The van der Waals surface area contributed by atoms with E-state index in [0.29, 0.717) is 35.3 Å². The first kappa shape index (κ1) is 21.6. The van der Waals surface area contributed by atoms with Crippen LogP contribution >= 0.6 is 23.4 Å². The molecule has 168 valence electrons. The lowest BCUT2D eigenvalue weighted by Crippen LogP contribution is -2.30. The van der Waals surface area contributed by atoms with E-state index in [1.807, 2.05) is 29.3 Å². The average molecular weight is 483 g/mol. The van der Waals surface area contributed by atoms with E-state index in [9.17, 15) is 14.3 Å². The molecule has 0 unspecified atom stereocenters. The van der Waals surface area contributed by atoms with E-state index < -0.39 is 0 Å². The Kier molecular flexibility index (Phi) is 5.86. The minimum atomic E-state index is -0.320. The molecule has 0 aliphatic carbocycles. The molecule has 0 bridgehead atoms. The van der Waals surface area contributed by atoms with Crippen molar-refractivity contribution < 1.29 is 14.3 Å². The molecule has 33 heavy (non-hydrogen) atoms. The van der Waals surface area contributed by atoms with E-state index in [-0.39, 0.29) is 22.8 Å². The van der Waals surface area contributed by atoms with Gasteiger partial charge >= 0.3 is 0 Å². The van der Waals surface area contributed by atoms with Crippen LogP contribution in [0.2, 0.25) is 5.15 Å². The smallest absolute Gasteiger partial charge is 0.233 e. The molecule has 1 aliphatic rings. The van der Waals surface area contributed by atoms with Gasteiger partial charge in [0.1, 0.15) is 27.8 Å². The van der Waals surface area contributed by atoms with Crippen LogP contribution in [0.15, 0.2) is 66.9 Å². The number of amides is 1. The summed E-state index contributed by atoms with van der Waals surface area (Å²) in [4.78, 5) is 17.7. The SMILES string of the molecule is O=C1CS[C@@H](c2cn(-c3ccc(F)cc3)nc2-c2ccc(Cl)[nH]2)N1CCc1ccc(O)cc1. The summed E-state index contributed by atoms with van der Waals surface area (Å²) in [5, 5.41) is 14.5. The molecule has 0 spiro atoms. The lowest BCUT2D eigenvalue weighted by atomic mass is 10.1. The van der Waals surface area contributed by atoms with Crippen molar-refractivity contribution in [1.82, 2.24) is 19.7 Å². The van der Waals surface area contributed by atoms with Gasteiger partial charge in [-0.15, -0.1) is 11.8 Å². The van der Waals surface area contributed by atoms with Crippen LogP contribution in [0.25, 0.3) is 17.1 Å². The normalized spacial score (nSPS) is 16.0. The Balaban J connectivity index is 1.49. The molecular formula is C24H20ClFN4O2S. The molecule has 3 heterocycles. The van der Waals surface area contributed by atoms with Crippen molar-refractivity contribution in [3.63, 3.8) is 0 Å². The van der Waals surface area contributed by atoms with Crippen molar-refractivity contribution in [2.24, 2.45) is 0 Å². The Hall–Kier alpha value is -3.23. The van der Waals surface area contributed by atoms with E-state index >= 15 is 0 Å². The van der Waals surface area contributed by atoms with Gasteiger partial charge in [0.2, 0.25) is 5.91 Å². The van der Waals surface area contributed by atoms with E-state index in [1.165, 1.54) is 12.1 Å². The monoisotopic (exact) mass is 482 g/mol. The zero-order chi connectivity index (χ0) is 22.9. The maximum Gasteiger partial charge on any atom is 0.233 e. The number of carbonyl (C=O) groups excluding carboxylic acids is 1. The molecule has 1 saturated heterocycles. The first-order valence-electron chi connectivity index (χ1n) is 10.4. The quantitative estimate of drug-likeness (QED) is 0.397. The summed E-state index contributed by atoms with van der Waals surface area (Å²) in [6.07, 6.45) is 2.56. The molecule has 1 fully saturated rings. The van der Waals surface area contributed by atoms with Gasteiger partial charge < -0.3 is 15.0 Å². The Morgan fingerprint density at radius 3 is 2.58 bits per heavy atom. The summed E-state index contributed by atoms with van der Waals surface area (Å²) in [6.45, 7) is 0.536. The van der Waals surface area contributed by atoms with Gasteiger partial charge in [-0.3, -0.25) is 4.79 Å². The Bertz CT molecular complexity index is 1290. The number of thioether (sulfide) groups is 1. The number of rotatable bonds is 6. The van der Waals surface area contributed by atoms with Crippen molar-refractivity contribution in [3.05, 3.63) is 89.0 Å². The van der Waals surface area contributed by atoms with Crippen LogP contribution < -0.4 is 0 Å². The first-order valence-corrected chi connectivity index (χ1v) is 11.8. The van der Waals surface area contributed by atoms with Gasteiger partial charge in [0.25, 0.3) is 0 Å². The molecule has 2 N–H and O–H groups in total. The molecule has 1 atom stereocenters. The highest BCUT2D eigenvalue weighted by Gasteiger charge is 2.35. The predicted molar refractivity (Wildman–Crippen MR) is 127 cm³/mol. The third kappa shape index (κ3) is 4.49. The molecule has 1 aliphatic heterocycles. The number of phenolic OH excluding ortho intramolecular Hbond substituents is 1. The Labute approximate surface area is 199 Å². The summed E-state index contributed by atoms with van der Waals surface area (Å²) in [6, 6.07) is 16.7. The molecule has 0 radical (unpaired) electrons. The number of hydrogen-bond acceptors (Lipinski definition) is 4. The number of aromatic amines is 1. The van der Waals surface area contributed by atoms with Crippen LogP contribution in [-0.2, 0) is 11.2 Å². The third-order valence-electron chi connectivity index (χ3n) is 5.55. The Morgan fingerprint density at radius 2 is 1.88 bits per heavy atom. The summed E-state index contributed by atoms with van der Waals surface area (Å²) >= 11 is 7.68. The van der Waals surface area contributed by atoms with E-state index in [1.54, 1.807) is 46.8 Å². The highest BCUT2D eigenvalue weighted by molar-refractivity contribution is 8.00. The van der Waals surface area contributed by atoms with Crippen molar-refractivity contribution >= 4 is 29.3 Å². The molecule has 1 amide bonds. The number of hydrogen-bond donors (Lipinski definition) is 2. The van der Waals surface area contributed by atoms with E-state index in [0.717, 1.165) is 16.8 Å². The maximum atomic E-state index is 13.4. The van der Waals surface area contributed by atoms with Gasteiger partial charge in [0.05, 0.1) is 17.1 Å². The second-order valence-electron chi connectivity index (χ2n) is 7.74. The number of aromatic hydroxyl groups is 1. The van der Waals surface area contributed by atoms with Gasteiger partial charge in [-0.1, -0.05) is 23.7 Å². The Morgan fingerprint density at radius 1 is 1.12 bits per heavy atom. The van der Waals surface area contributed by atoms with Gasteiger partial charge in [-0.05, 0) is 60.5 Å². The number of carbonyl (C=O) groups is 1. The van der Waals surface area contributed by atoms with Crippen LogP contribution in [0, 0.1) is 5.82 Å². The number of H-pyrrole nitrogens is 1. The van der Waals surface area contributed by atoms with Crippen molar-refractivity contribution in [1.29, 1.82) is 0 Å². The highest BCUT2D eigenvalue weighted by Crippen LogP contribution is 2.42. The fraction of sp³-hybridized carbons (Fsp3) is 0.167. The number of nitrogens with zero attached hydrogens (tertiary/aromatic N) is 3. The van der Waals surface area contributed by atoms with Crippen molar-refractivity contribution in [3.8, 4) is 22.8 Å². The largest absolute Gasteiger partial charge is 0.508 e. The summed E-state index contributed by atoms with van der Waals surface area (Å²) in [7, 11) is 0. The summed E-state index contributed by atoms with van der Waals surface area (Å²) in [5.74, 6) is 0.341. The second kappa shape index (κ2) is 8.96. The van der Waals surface area contributed by atoms with E-state index in [2.05, 4.69) is 4.98 Å². The molecule has 2 aromatic carbocycles. The third-order valence-corrected chi connectivity index (χ3v) is 7.01. The standard InChI is InChI=1S/C24H20ClFN4O2S/c25-21-10-9-20(27-21)23-19(13-30(28-23)17-5-3-16(26)4-6-17)24-29(22(32)14-33-24)12-11-15-1-7-18(31)8-2-15/h1-10,13,24,27,31H,11-12,14H2/t24-/m0/s1. The average Bonchev–Trinajstić information content (AvgIpc) is 3.52. The van der Waals surface area contributed by atoms with E-state index in [4.69, 9.17) is 16.7 Å². The fourth-order valence-corrected chi connectivity index (χ4v) is 5.26. The van der Waals surface area contributed by atoms with Crippen molar-refractivity contribution in [2.75, 3.05) is 12.3 Å². The van der Waals surface area contributed by atoms with Gasteiger partial charge in [-0.25, -0.2) is 9.07 Å². The summed E-state index contributed by atoms with van der Waals surface area (Å²) < 4.78 is 15.1. The van der Waals surface area contributed by atoms with Gasteiger partial charge in [-0.2, -0.15) is 5.10 Å². The number of aromatic nitrogens is 3. The fourth-order valence-electron chi connectivity index (χ4n) is 3.88. The molecule has 6 nitrogen and oxygen atoms in total. The number of nitrogens with one attached hydrogen (secondary N) is 1. The lowest BCUT2D eigenvalue weighted by molar-refractivity contribution is -0.128.